The molecule has 31 heavy (non-hydrogen) atoms. The second-order valence-corrected chi connectivity index (χ2v) is 7.79. The molecule has 3 aromatic rings. The van der Waals surface area contributed by atoms with Crippen LogP contribution in [0.4, 0.5) is 0 Å². The quantitative estimate of drug-likeness (QED) is 0.388. The van der Waals surface area contributed by atoms with E-state index in [0.717, 1.165) is 16.7 Å². The maximum Gasteiger partial charge on any atom is 0.331 e. The maximum absolute atomic E-state index is 11.2. The van der Waals surface area contributed by atoms with E-state index in [-0.39, 0.29) is 5.57 Å². The van der Waals surface area contributed by atoms with Gasteiger partial charge in [0.25, 0.3) is 0 Å². The Balaban J connectivity index is 1.73. The first-order valence-corrected chi connectivity index (χ1v) is 10.2. The molecule has 0 fully saturated rings. The number of ether oxygens (including phenoxy) is 2. The monoisotopic (exact) mass is 457 g/mol. The summed E-state index contributed by atoms with van der Waals surface area (Å²) >= 11 is 12.6. The van der Waals surface area contributed by atoms with E-state index < -0.39 is 5.97 Å². The fourth-order valence-corrected chi connectivity index (χ4v) is 3.34. The summed E-state index contributed by atoms with van der Waals surface area (Å²) in [6.45, 7) is 5.48. The molecular weight excluding hydrogens is 437 g/mol. The van der Waals surface area contributed by atoms with Crippen LogP contribution in [-0.4, -0.2) is 16.1 Å². The van der Waals surface area contributed by atoms with Crippen LogP contribution in [0.25, 0.3) is 5.57 Å². The van der Waals surface area contributed by atoms with Gasteiger partial charge in [0.05, 0.1) is 11.2 Å². The van der Waals surface area contributed by atoms with Crippen molar-refractivity contribution in [1.82, 2.24) is 4.98 Å². The van der Waals surface area contributed by atoms with E-state index in [0.29, 0.717) is 39.6 Å². The molecule has 1 heterocycles. The van der Waals surface area contributed by atoms with Crippen molar-refractivity contribution in [1.29, 1.82) is 0 Å². The Labute approximate surface area is 190 Å². The maximum atomic E-state index is 11.2. The molecule has 0 atom stereocenters. The Bertz CT molecular complexity index is 1120. The number of halogens is 2. The van der Waals surface area contributed by atoms with E-state index in [1.807, 2.05) is 37.3 Å². The number of aliphatic carboxylic acids is 1. The van der Waals surface area contributed by atoms with Crippen LogP contribution in [0.3, 0.4) is 0 Å². The Hall–Kier alpha value is -3.02. The summed E-state index contributed by atoms with van der Waals surface area (Å²) in [6, 6.07) is 14.4. The lowest BCUT2D eigenvalue weighted by atomic mass is 10.00. The van der Waals surface area contributed by atoms with E-state index in [1.54, 1.807) is 38.2 Å². The number of aromatic nitrogens is 1. The highest BCUT2D eigenvalue weighted by Crippen LogP contribution is 2.36. The highest BCUT2D eigenvalue weighted by Gasteiger charge is 2.14. The normalized spacial score (nSPS) is 11.6. The summed E-state index contributed by atoms with van der Waals surface area (Å²) in [5.41, 5.74) is 3.28. The Morgan fingerprint density at radius 1 is 1.06 bits per heavy atom. The predicted molar refractivity (Wildman–Crippen MR) is 122 cm³/mol. The van der Waals surface area contributed by atoms with Crippen LogP contribution in [-0.2, 0) is 11.4 Å². The number of pyridine rings is 1. The molecule has 0 spiro atoms. The standard InChI is InChI=1S/C24H21Cl2NO4/c1-14-10-18(15(2)16(3)24(28)29)11-21(26)23(14)31-22-9-8-19(12-27-22)30-13-17-6-4-5-7-20(17)25/h4-12H,13H2,1-3H3,(H,28,29)/b16-15-. The third-order valence-corrected chi connectivity index (χ3v) is 5.46. The largest absolute Gasteiger partial charge is 0.487 e. The highest BCUT2D eigenvalue weighted by atomic mass is 35.5. The summed E-state index contributed by atoms with van der Waals surface area (Å²) < 4.78 is 11.6. The lowest BCUT2D eigenvalue weighted by Gasteiger charge is -2.14. The summed E-state index contributed by atoms with van der Waals surface area (Å²) in [5, 5.41) is 10.2. The average molecular weight is 458 g/mol. The van der Waals surface area contributed by atoms with Crippen LogP contribution in [0.2, 0.25) is 10.0 Å². The number of benzene rings is 2. The molecule has 160 valence electrons. The van der Waals surface area contributed by atoms with Gasteiger partial charge in [-0.05, 0) is 61.7 Å². The molecule has 0 saturated carbocycles. The zero-order valence-electron chi connectivity index (χ0n) is 17.3. The van der Waals surface area contributed by atoms with E-state index in [1.165, 1.54) is 0 Å². The van der Waals surface area contributed by atoms with Crippen LogP contribution < -0.4 is 9.47 Å². The number of aryl methyl sites for hydroxylation is 1. The minimum absolute atomic E-state index is 0.262. The molecular formula is C24H21Cl2NO4. The van der Waals surface area contributed by atoms with Crippen molar-refractivity contribution in [3.8, 4) is 17.4 Å². The predicted octanol–water partition coefficient (Wildman–Crippen LogP) is 6.95. The summed E-state index contributed by atoms with van der Waals surface area (Å²) in [6.07, 6.45) is 1.56. The SMILES string of the molecule is C/C(C(=O)O)=C(\C)c1cc(C)c(Oc2ccc(OCc3ccccc3Cl)cn2)c(Cl)c1. The summed E-state index contributed by atoms with van der Waals surface area (Å²) in [7, 11) is 0. The minimum atomic E-state index is -0.965. The third kappa shape index (κ3) is 5.57. The average Bonchev–Trinajstić information content (AvgIpc) is 2.75. The van der Waals surface area contributed by atoms with Gasteiger partial charge >= 0.3 is 5.97 Å². The van der Waals surface area contributed by atoms with E-state index in [2.05, 4.69) is 4.98 Å². The number of hydrogen-bond acceptors (Lipinski definition) is 4. The van der Waals surface area contributed by atoms with Crippen molar-refractivity contribution in [3.63, 3.8) is 0 Å². The van der Waals surface area contributed by atoms with Gasteiger partial charge in [-0.1, -0.05) is 41.4 Å². The van der Waals surface area contributed by atoms with Gasteiger partial charge in [0.2, 0.25) is 5.88 Å². The Morgan fingerprint density at radius 3 is 2.42 bits per heavy atom. The Morgan fingerprint density at radius 2 is 1.81 bits per heavy atom. The molecule has 0 aliphatic heterocycles. The van der Waals surface area contributed by atoms with Gasteiger partial charge in [0.15, 0.2) is 5.75 Å². The number of rotatable bonds is 7. The van der Waals surface area contributed by atoms with Crippen molar-refractivity contribution >= 4 is 34.7 Å². The van der Waals surface area contributed by atoms with Gasteiger partial charge in [-0.2, -0.15) is 0 Å². The lowest BCUT2D eigenvalue weighted by molar-refractivity contribution is -0.132. The molecule has 0 bridgehead atoms. The third-order valence-electron chi connectivity index (χ3n) is 4.81. The molecule has 7 heteroatoms. The minimum Gasteiger partial charge on any atom is -0.487 e. The van der Waals surface area contributed by atoms with Crippen molar-refractivity contribution in [2.45, 2.75) is 27.4 Å². The van der Waals surface area contributed by atoms with Crippen LogP contribution in [0.5, 0.6) is 17.4 Å². The highest BCUT2D eigenvalue weighted by molar-refractivity contribution is 6.32. The van der Waals surface area contributed by atoms with Crippen LogP contribution in [0, 0.1) is 6.92 Å². The molecule has 1 aromatic heterocycles. The fourth-order valence-electron chi connectivity index (χ4n) is 2.85. The first kappa shape index (κ1) is 22.7. The Kier molecular flexibility index (Phi) is 7.21. The van der Waals surface area contributed by atoms with Crippen molar-refractivity contribution in [2.24, 2.45) is 0 Å². The molecule has 0 aliphatic rings. The van der Waals surface area contributed by atoms with Gasteiger partial charge in [-0.15, -0.1) is 0 Å². The van der Waals surface area contributed by atoms with Crippen LogP contribution in [0.1, 0.15) is 30.5 Å². The fraction of sp³-hybridized carbons (Fsp3) is 0.167. The van der Waals surface area contributed by atoms with E-state index in [9.17, 15) is 9.90 Å². The molecule has 0 saturated heterocycles. The van der Waals surface area contributed by atoms with Gasteiger partial charge in [0.1, 0.15) is 12.4 Å². The number of nitrogens with zero attached hydrogens (tertiary/aromatic N) is 1. The molecule has 2 aromatic carbocycles. The molecule has 5 nitrogen and oxygen atoms in total. The number of carbonyl (C=O) groups is 1. The first-order valence-electron chi connectivity index (χ1n) is 9.47. The molecule has 0 amide bonds. The van der Waals surface area contributed by atoms with Crippen molar-refractivity contribution < 1.29 is 19.4 Å². The lowest BCUT2D eigenvalue weighted by Crippen LogP contribution is -2.00. The summed E-state index contributed by atoms with van der Waals surface area (Å²) in [5.74, 6) is 0.434. The van der Waals surface area contributed by atoms with Crippen LogP contribution in [0.15, 0.2) is 60.3 Å². The zero-order valence-corrected chi connectivity index (χ0v) is 18.8. The zero-order chi connectivity index (χ0) is 22.5. The van der Waals surface area contributed by atoms with E-state index in [4.69, 9.17) is 32.7 Å². The molecule has 0 radical (unpaired) electrons. The van der Waals surface area contributed by atoms with Gasteiger partial charge < -0.3 is 14.6 Å². The number of hydrogen-bond donors (Lipinski definition) is 1. The summed E-state index contributed by atoms with van der Waals surface area (Å²) in [4.78, 5) is 15.5. The van der Waals surface area contributed by atoms with Gasteiger partial charge in [-0.25, -0.2) is 9.78 Å². The molecule has 3 rings (SSSR count). The molecule has 0 aliphatic carbocycles. The van der Waals surface area contributed by atoms with Crippen molar-refractivity contribution in [2.75, 3.05) is 0 Å². The van der Waals surface area contributed by atoms with Crippen molar-refractivity contribution in [3.05, 3.63) is 87.0 Å². The smallest absolute Gasteiger partial charge is 0.331 e. The number of carboxylic acid groups (broad SMARTS) is 1. The first-order chi connectivity index (χ1) is 14.8. The topological polar surface area (TPSA) is 68.7 Å². The van der Waals surface area contributed by atoms with E-state index >= 15 is 0 Å². The number of carboxylic acids is 1. The molecule has 0 unspecified atom stereocenters. The second-order valence-electron chi connectivity index (χ2n) is 6.97. The van der Waals surface area contributed by atoms with Crippen LogP contribution >= 0.6 is 23.2 Å². The van der Waals surface area contributed by atoms with Gasteiger partial charge in [-0.3, -0.25) is 0 Å². The molecule has 1 N–H and O–H groups in total. The second kappa shape index (κ2) is 9.86. The number of allylic oxidation sites excluding steroid dienone is 1. The van der Waals surface area contributed by atoms with Gasteiger partial charge in [0, 0.05) is 22.2 Å².